The highest BCUT2D eigenvalue weighted by molar-refractivity contribution is 7.90. The molecule has 0 N–H and O–H groups in total. The van der Waals surface area contributed by atoms with Crippen LogP contribution in [0.5, 0.6) is 11.5 Å². The minimum absolute atomic E-state index is 0.215. The van der Waals surface area contributed by atoms with Gasteiger partial charge in [0.2, 0.25) is 0 Å². The Morgan fingerprint density at radius 2 is 1.45 bits per heavy atom. The molecule has 0 fully saturated rings. The van der Waals surface area contributed by atoms with Crippen LogP contribution in [0.15, 0.2) is 59.5 Å². The average molecular weight is 416 g/mol. The van der Waals surface area contributed by atoms with Crippen molar-refractivity contribution < 1.29 is 26.7 Å². The zero-order valence-electron chi connectivity index (χ0n) is 15.6. The molecule has 1 aliphatic rings. The maximum Gasteiger partial charge on any atom is 0.175 e. The molecule has 0 saturated heterocycles. The normalized spacial score (nSPS) is 13.3. The maximum atomic E-state index is 13.6. The Balaban J connectivity index is 1.81. The third kappa shape index (κ3) is 4.24. The van der Waals surface area contributed by atoms with E-state index < -0.39 is 21.5 Å². The first kappa shape index (κ1) is 19.4. The van der Waals surface area contributed by atoms with E-state index in [2.05, 4.69) is 0 Å². The van der Waals surface area contributed by atoms with Gasteiger partial charge in [0.05, 0.1) is 4.90 Å². The highest BCUT2D eigenvalue weighted by Gasteiger charge is 2.18. The Morgan fingerprint density at radius 1 is 0.862 bits per heavy atom. The molecular weight excluding hydrogens is 398 g/mol. The molecule has 0 atom stereocenters. The number of rotatable bonds is 4. The van der Waals surface area contributed by atoms with E-state index in [0.29, 0.717) is 30.3 Å². The van der Waals surface area contributed by atoms with Gasteiger partial charge in [0, 0.05) is 12.3 Å². The van der Waals surface area contributed by atoms with Crippen LogP contribution in [0.3, 0.4) is 0 Å². The van der Waals surface area contributed by atoms with Gasteiger partial charge in [-0.2, -0.15) is 0 Å². The summed E-state index contributed by atoms with van der Waals surface area (Å²) in [5.74, 6) is -0.138. The third-order valence-electron chi connectivity index (χ3n) is 4.68. The van der Waals surface area contributed by atoms with Crippen LogP contribution in [0.1, 0.15) is 11.1 Å². The standard InChI is InChI=1S/C22H18F2O4S/c1-29(25,26)19-4-2-15(3-5-19)20-13-22-21(27-6-7-28-22)11-16(20)8-14-9-17(23)12-18(24)10-14/h2-5,9-13H,6-8H2,1H3. The van der Waals surface area contributed by atoms with Crippen LogP contribution in [0, 0.1) is 11.6 Å². The van der Waals surface area contributed by atoms with Gasteiger partial charge in [0.1, 0.15) is 24.8 Å². The summed E-state index contributed by atoms with van der Waals surface area (Å²) in [5, 5.41) is 0. The van der Waals surface area contributed by atoms with Gasteiger partial charge in [-0.1, -0.05) is 12.1 Å². The number of halogens is 2. The van der Waals surface area contributed by atoms with E-state index in [-0.39, 0.29) is 11.3 Å². The second-order valence-corrected chi connectivity index (χ2v) is 8.92. The van der Waals surface area contributed by atoms with Crippen LogP contribution in [-0.2, 0) is 16.3 Å². The van der Waals surface area contributed by atoms with Gasteiger partial charge in [-0.05, 0) is 65.1 Å². The molecule has 150 valence electrons. The Kier molecular flexibility index (Phi) is 5.00. The third-order valence-corrected chi connectivity index (χ3v) is 5.81. The number of benzene rings is 3. The van der Waals surface area contributed by atoms with Crippen LogP contribution in [0.4, 0.5) is 8.78 Å². The number of ether oxygens (including phenoxy) is 2. The lowest BCUT2D eigenvalue weighted by molar-refractivity contribution is 0.171. The molecule has 0 bridgehead atoms. The molecule has 4 rings (SSSR count). The topological polar surface area (TPSA) is 52.6 Å². The van der Waals surface area contributed by atoms with Crippen molar-refractivity contribution in [1.29, 1.82) is 0 Å². The van der Waals surface area contributed by atoms with Gasteiger partial charge in [0.25, 0.3) is 0 Å². The largest absolute Gasteiger partial charge is 0.486 e. The number of hydrogen-bond donors (Lipinski definition) is 0. The Hall–Kier alpha value is -2.93. The van der Waals surface area contributed by atoms with Crippen LogP contribution in [0.2, 0.25) is 0 Å². The van der Waals surface area contributed by atoms with Crippen molar-refractivity contribution in [3.63, 3.8) is 0 Å². The Morgan fingerprint density at radius 3 is 2.03 bits per heavy atom. The molecule has 1 heterocycles. The highest BCUT2D eigenvalue weighted by atomic mass is 32.2. The first-order valence-electron chi connectivity index (χ1n) is 8.97. The van der Waals surface area contributed by atoms with Crippen molar-refractivity contribution in [3.8, 4) is 22.6 Å². The summed E-state index contributed by atoms with van der Waals surface area (Å²) in [4.78, 5) is 0.215. The SMILES string of the molecule is CS(=O)(=O)c1ccc(-c2cc3c(cc2Cc2cc(F)cc(F)c2)OCCO3)cc1. The van der Waals surface area contributed by atoms with Crippen molar-refractivity contribution >= 4 is 9.84 Å². The predicted octanol–water partition coefficient (Wildman–Crippen LogP) is 4.40. The summed E-state index contributed by atoms with van der Waals surface area (Å²) in [6.07, 6.45) is 1.42. The number of sulfone groups is 1. The maximum absolute atomic E-state index is 13.6. The van der Waals surface area contributed by atoms with Crippen LogP contribution < -0.4 is 9.47 Å². The smallest absolute Gasteiger partial charge is 0.175 e. The molecule has 29 heavy (non-hydrogen) atoms. The fourth-order valence-corrected chi connectivity index (χ4v) is 3.99. The van der Waals surface area contributed by atoms with Crippen molar-refractivity contribution in [1.82, 2.24) is 0 Å². The quantitative estimate of drug-likeness (QED) is 0.633. The minimum Gasteiger partial charge on any atom is -0.486 e. The average Bonchev–Trinajstić information content (AvgIpc) is 2.66. The van der Waals surface area contributed by atoms with Gasteiger partial charge < -0.3 is 9.47 Å². The van der Waals surface area contributed by atoms with E-state index in [9.17, 15) is 17.2 Å². The van der Waals surface area contributed by atoms with E-state index in [1.54, 1.807) is 18.2 Å². The molecule has 0 saturated carbocycles. The van der Waals surface area contributed by atoms with Gasteiger partial charge in [-0.3, -0.25) is 0 Å². The molecule has 3 aromatic carbocycles. The lowest BCUT2D eigenvalue weighted by atomic mass is 9.94. The first-order chi connectivity index (χ1) is 13.8. The molecule has 1 aliphatic heterocycles. The fraction of sp³-hybridized carbons (Fsp3) is 0.182. The van der Waals surface area contributed by atoms with Gasteiger partial charge >= 0.3 is 0 Å². The number of hydrogen-bond acceptors (Lipinski definition) is 4. The molecule has 0 amide bonds. The first-order valence-corrected chi connectivity index (χ1v) is 10.9. The Bertz CT molecular complexity index is 1150. The zero-order valence-corrected chi connectivity index (χ0v) is 16.4. The molecule has 0 unspecified atom stereocenters. The van der Waals surface area contributed by atoms with E-state index in [0.717, 1.165) is 29.0 Å². The van der Waals surface area contributed by atoms with Gasteiger partial charge in [-0.15, -0.1) is 0 Å². The summed E-state index contributed by atoms with van der Waals surface area (Å²) >= 11 is 0. The van der Waals surface area contributed by atoms with Crippen molar-refractivity contribution in [2.45, 2.75) is 11.3 Å². The van der Waals surface area contributed by atoms with E-state index in [4.69, 9.17) is 9.47 Å². The van der Waals surface area contributed by atoms with Crippen molar-refractivity contribution in [2.75, 3.05) is 19.5 Å². The van der Waals surface area contributed by atoms with Crippen LogP contribution >= 0.6 is 0 Å². The number of fused-ring (bicyclic) bond motifs is 1. The molecular formula is C22H18F2O4S. The predicted molar refractivity (Wildman–Crippen MR) is 105 cm³/mol. The zero-order chi connectivity index (χ0) is 20.6. The molecule has 4 nitrogen and oxygen atoms in total. The summed E-state index contributed by atoms with van der Waals surface area (Å²) in [5.41, 5.74) is 2.81. The summed E-state index contributed by atoms with van der Waals surface area (Å²) in [6.45, 7) is 0.845. The summed E-state index contributed by atoms with van der Waals surface area (Å²) in [7, 11) is -3.31. The molecule has 0 aromatic heterocycles. The van der Waals surface area contributed by atoms with Crippen molar-refractivity contribution in [2.24, 2.45) is 0 Å². The van der Waals surface area contributed by atoms with E-state index in [1.165, 1.54) is 24.3 Å². The van der Waals surface area contributed by atoms with Gasteiger partial charge in [-0.25, -0.2) is 17.2 Å². The molecule has 0 spiro atoms. The minimum atomic E-state index is -3.31. The highest BCUT2D eigenvalue weighted by Crippen LogP contribution is 2.38. The van der Waals surface area contributed by atoms with E-state index in [1.807, 2.05) is 6.07 Å². The van der Waals surface area contributed by atoms with E-state index >= 15 is 0 Å². The fourth-order valence-electron chi connectivity index (χ4n) is 3.36. The van der Waals surface area contributed by atoms with Crippen molar-refractivity contribution in [3.05, 3.63) is 77.4 Å². The Labute approximate surface area is 167 Å². The monoisotopic (exact) mass is 416 g/mol. The molecule has 0 aliphatic carbocycles. The van der Waals surface area contributed by atoms with Gasteiger partial charge in [0.15, 0.2) is 21.3 Å². The second kappa shape index (κ2) is 7.48. The molecule has 7 heteroatoms. The summed E-state index contributed by atoms with van der Waals surface area (Å²) in [6, 6.07) is 13.5. The van der Waals surface area contributed by atoms with Crippen LogP contribution in [-0.4, -0.2) is 27.9 Å². The summed E-state index contributed by atoms with van der Waals surface area (Å²) < 4.78 is 62.1. The molecule has 3 aromatic rings. The second-order valence-electron chi connectivity index (χ2n) is 6.90. The molecule has 0 radical (unpaired) electrons. The van der Waals surface area contributed by atoms with Crippen LogP contribution in [0.25, 0.3) is 11.1 Å². The lowest BCUT2D eigenvalue weighted by Gasteiger charge is -2.21. The lowest BCUT2D eigenvalue weighted by Crippen LogP contribution is -2.15.